The lowest BCUT2D eigenvalue weighted by molar-refractivity contribution is 0.0386. The number of nitrogens with zero attached hydrogens (tertiary/aromatic N) is 3. The third-order valence-electron chi connectivity index (χ3n) is 7.48. The molecule has 1 fully saturated rings. The van der Waals surface area contributed by atoms with Crippen LogP contribution in [0, 0.1) is 5.82 Å². The molecule has 2 aromatic heterocycles. The highest BCUT2D eigenvalue weighted by atomic mass is 35.5. The number of fused-ring (bicyclic) bond motifs is 1. The molecule has 2 aliphatic rings. The third kappa shape index (κ3) is 5.56. The van der Waals surface area contributed by atoms with Crippen molar-refractivity contribution in [3.63, 3.8) is 0 Å². The fourth-order valence-electron chi connectivity index (χ4n) is 5.41. The average Bonchev–Trinajstić information content (AvgIpc) is 3.33. The molecule has 0 bridgehead atoms. The third-order valence-corrected chi connectivity index (χ3v) is 7.78. The first-order valence-corrected chi connectivity index (χ1v) is 13.2. The number of ether oxygens (including phenoxy) is 1. The molecule has 0 spiro atoms. The molecule has 3 heterocycles. The van der Waals surface area contributed by atoms with Crippen LogP contribution in [0.2, 0.25) is 5.02 Å². The zero-order chi connectivity index (χ0) is 26.8. The van der Waals surface area contributed by atoms with E-state index in [2.05, 4.69) is 10.3 Å². The molecule has 8 nitrogen and oxygen atoms in total. The summed E-state index contributed by atoms with van der Waals surface area (Å²) in [6.45, 7) is 0.714. The molecular formula is C28H32ClFN4O4. The van der Waals surface area contributed by atoms with E-state index >= 15 is 0 Å². The zero-order valence-electron chi connectivity index (χ0n) is 21.2. The average molecular weight is 543 g/mol. The Kier molecular flexibility index (Phi) is 7.99. The van der Waals surface area contributed by atoms with E-state index < -0.39 is 5.82 Å². The lowest BCUT2D eigenvalue weighted by atomic mass is 9.93. The van der Waals surface area contributed by atoms with Gasteiger partial charge in [-0.05, 0) is 61.1 Å². The van der Waals surface area contributed by atoms with E-state index in [1.165, 1.54) is 18.2 Å². The molecule has 1 aliphatic heterocycles. The Morgan fingerprint density at radius 3 is 2.71 bits per heavy atom. The van der Waals surface area contributed by atoms with Crippen LogP contribution in [0.4, 0.5) is 10.2 Å². The molecule has 1 amide bonds. The highest BCUT2D eigenvalue weighted by Gasteiger charge is 2.34. The minimum Gasteiger partial charge on any atom is -0.393 e. The SMILES string of the molecule is COCC1Cn2cc(-c3cc(NC4CCC(O)CC4)ncc3Cl)cc2C(=O)N1Cc1cc(F)ccc1CO. The number of amides is 1. The maximum Gasteiger partial charge on any atom is 0.271 e. The topological polar surface area (TPSA) is 99.8 Å². The first kappa shape index (κ1) is 26.6. The van der Waals surface area contributed by atoms with Crippen molar-refractivity contribution in [1.29, 1.82) is 0 Å². The number of hydrogen-bond acceptors (Lipinski definition) is 6. The quantitative estimate of drug-likeness (QED) is 0.394. The number of halogens is 2. The molecule has 1 aliphatic carbocycles. The fourth-order valence-corrected chi connectivity index (χ4v) is 5.62. The van der Waals surface area contributed by atoms with Gasteiger partial charge in [-0.3, -0.25) is 4.79 Å². The number of aromatic nitrogens is 2. The second-order valence-electron chi connectivity index (χ2n) is 10.1. The number of benzene rings is 1. The minimum absolute atomic E-state index is 0.154. The molecule has 3 aromatic rings. The summed E-state index contributed by atoms with van der Waals surface area (Å²) in [6.07, 6.45) is 6.56. The van der Waals surface area contributed by atoms with Gasteiger partial charge in [-0.15, -0.1) is 0 Å². The van der Waals surface area contributed by atoms with Gasteiger partial charge in [-0.1, -0.05) is 17.7 Å². The maximum atomic E-state index is 14.0. The van der Waals surface area contributed by atoms with Crippen LogP contribution in [0.3, 0.4) is 0 Å². The molecule has 0 radical (unpaired) electrons. The monoisotopic (exact) mass is 542 g/mol. The van der Waals surface area contributed by atoms with Crippen molar-refractivity contribution >= 4 is 23.3 Å². The van der Waals surface area contributed by atoms with Gasteiger partial charge >= 0.3 is 0 Å². The van der Waals surface area contributed by atoms with Gasteiger partial charge in [-0.25, -0.2) is 9.37 Å². The van der Waals surface area contributed by atoms with Crippen molar-refractivity contribution in [1.82, 2.24) is 14.5 Å². The number of aliphatic hydroxyl groups excluding tert-OH is 2. The number of anilines is 1. The minimum atomic E-state index is -0.420. The van der Waals surface area contributed by atoms with Crippen LogP contribution in [-0.2, 0) is 24.4 Å². The van der Waals surface area contributed by atoms with Crippen LogP contribution in [0.15, 0.2) is 42.7 Å². The van der Waals surface area contributed by atoms with E-state index in [9.17, 15) is 19.4 Å². The van der Waals surface area contributed by atoms with Crippen molar-refractivity contribution in [2.45, 2.75) is 63.6 Å². The number of pyridine rings is 1. The number of hydrogen-bond donors (Lipinski definition) is 3. The number of rotatable bonds is 8. The molecule has 0 saturated heterocycles. The van der Waals surface area contributed by atoms with Crippen LogP contribution in [-0.4, -0.2) is 62.5 Å². The van der Waals surface area contributed by atoms with Gasteiger partial charge in [0.2, 0.25) is 0 Å². The zero-order valence-corrected chi connectivity index (χ0v) is 22.0. The molecular weight excluding hydrogens is 511 g/mol. The van der Waals surface area contributed by atoms with E-state index in [0.29, 0.717) is 40.8 Å². The molecule has 38 heavy (non-hydrogen) atoms. The summed E-state index contributed by atoms with van der Waals surface area (Å²) in [6, 6.07) is 7.87. The van der Waals surface area contributed by atoms with Crippen LogP contribution in [0.25, 0.3) is 11.1 Å². The fraction of sp³-hybridized carbons (Fsp3) is 0.429. The Morgan fingerprint density at radius 2 is 1.97 bits per heavy atom. The van der Waals surface area contributed by atoms with Crippen molar-refractivity contribution in [3.05, 3.63) is 70.4 Å². The van der Waals surface area contributed by atoms with Gasteiger partial charge < -0.3 is 29.7 Å². The molecule has 5 rings (SSSR count). The standard InChI is InChI=1S/C28H32ClFN4O4/c1-38-16-22-14-33-12-19(24-10-27(31-11-25(24)29)32-21-4-6-23(36)7-5-21)9-26(33)28(37)34(22)13-18-8-20(30)3-2-17(18)15-35/h2-3,8-12,21-23,35-36H,4-7,13-16H2,1H3,(H,31,32). The van der Waals surface area contributed by atoms with Crippen molar-refractivity contribution in [2.24, 2.45) is 0 Å². The van der Waals surface area contributed by atoms with Crippen molar-refractivity contribution in [3.8, 4) is 11.1 Å². The van der Waals surface area contributed by atoms with Gasteiger partial charge in [0, 0.05) is 49.8 Å². The Balaban J connectivity index is 1.42. The Morgan fingerprint density at radius 1 is 1.18 bits per heavy atom. The van der Waals surface area contributed by atoms with E-state index in [1.54, 1.807) is 18.2 Å². The summed E-state index contributed by atoms with van der Waals surface area (Å²) in [5.41, 5.74) is 3.19. The second kappa shape index (κ2) is 11.4. The van der Waals surface area contributed by atoms with Gasteiger partial charge in [0.1, 0.15) is 17.3 Å². The molecule has 202 valence electrons. The normalized spacial score (nSPS) is 21.4. The van der Waals surface area contributed by atoms with Crippen molar-refractivity contribution < 1.29 is 24.1 Å². The van der Waals surface area contributed by atoms with Crippen LogP contribution < -0.4 is 5.32 Å². The number of nitrogens with one attached hydrogen (secondary N) is 1. The first-order chi connectivity index (χ1) is 18.4. The summed E-state index contributed by atoms with van der Waals surface area (Å²) in [4.78, 5) is 19.8. The smallest absolute Gasteiger partial charge is 0.271 e. The summed E-state index contributed by atoms with van der Waals surface area (Å²) >= 11 is 6.55. The van der Waals surface area contributed by atoms with Crippen molar-refractivity contribution in [2.75, 3.05) is 19.0 Å². The summed E-state index contributed by atoms with van der Waals surface area (Å²) in [7, 11) is 1.58. The van der Waals surface area contributed by atoms with E-state index in [4.69, 9.17) is 16.3 Å². The first-order valence-electron chi connectivity index (χ1n) is 12.8. The predicted molar refractivity (Wildman–Crippen MR) is 142 cm³/mol. The lowest BCUT2D eigenvalue weighted by Crippen LogP contribution is -2.49. The molecule has 1 atom stereocenters. The highest BCUT2D eigenvalue weighted by molar-refractivity contribution is 6.33. The molecule has 1 aromatic carbocycles. The van der Waals surface area contributed by atoms with Crippen LogP contribution in [0.5, 0.6) is 0 Å². The largest absolute Gasteiger partial charge is 0.393 e. The van der Waals surface area contributed by atoms with Crippen LogP contribution >= 0.6 is 11.6 Å². The predicted octanol–water partition coefficient (Wildman–Crippen LogP) is 4.22. The van der Waals surface area contributed by atoms with Crippen LogP contribution in [0.1, 0.15) is 47.3 Å². The van der Waals surface area contributed by atoms with E-state index in [-0.39, 0.29) is 37.2 Å². The Bertz CT molecular complexity index is 1310. The number of aliphatic hydroxyl groups is 2. The summed E-state index contributed by atoms with van der Waals surface area (Å²) in [5, 5.41) is 23.4. The number of carbonyl (C=O) groups is 1. The molecule has 1 saturated carbocycles. The maximum absolute atomic E-state index is 14.0. The second-order valence-corrected chi connectivity index (χ2v) is 10.5. The molecule has 10 heteroatoms. The summed E-state index contributed by atoms with van der Waals surface area (Å²) in [5.74, 6) is 0.0709. The lowest BCUT2D eigenvalue weighted by Gasteiger charge is -2.36. The van der Waals surface area contributed by atoms with Gasteiger partial charge in [-0.2, -0.15) is 0 Å². The van der Waals surface area contributed by atoms with Gasteiger partial charge in [0.05, 0.1) is 30.4 Å². The Labute approximate surface area is 226 Å². The van der Waals surface area contributed by atoms with Gasteiger partial charge in [0.15, 0.2) is 0 Å². The van der Waals surface area contributed by atoms with Gasteiger partial charge in [0.25, 0.3) is 5.91 Å². The molecule has 3 N–H and O–H groups in total. The Hall–Kier alpha value is -2.98. The molecule has 1 unspecified atom stereocenters. The number of carbonyl (C=O) groups excluding carboxylic acids is 1. The number of methoxy groups -OCH3 is 1. The van der Waals surface area contributed by atoms with E-state index in [0.717, 1.165) is 36.8 Å². The highest BCUT2D eigenvalue weighted by Crippen LogP contribution is 2.34. The van der Waals surface area contributed by atoms with E-state index in [1.807, 2.05) is 22.9 Å². The summed E-state index contributed by atoms with van der Waals surface area (Å²) < 4.78 is 21.3.